The Morgan fingerprint density at radius 3 is 2.32 bits per heavy atom. The van der Waals surface area contributed by atoms with E-state index in [1.165, 1.54) is 11.9 Å². The molecule has 3 heterocycles. The molecule has 1 fully saturated rings. The summed E-state index contributed by atoms with van der Waals surface area (Å²) in [6.07, 6.45) is 0.104. The quantitative estimate of drug-likeness (QED) is 0.765. The number of urea groups is 1. The largest absolute Gasteiger partial charge is 0.491 e. The highest BCUT2D eigenvalue weighted by Crippen LogP contribution is 2.33. The second kappa shape index (κ2) is 6.19. The van der Waals surface area contributed by atoms with Gasteiger partial charge in [-0.3, -0.25) is 14.6 Å². The maximum Gasteiger partial charge on any atom is 0.407 e. The third-order valence-corrected chi connectivity index (χ3v) is 5.30. The number of aliphatic imine (C=N–C) groups is 1. The maximum absolute atomic E-state index is 12.8. The van der Waals surface area contributed by atoms with Crippen LogP contribution >= 0.6 is 0 Å². The van der Waals surface area contributed by atoms with Crippen LogP contribution in [0, 0.1) is 13.8 Å². The molecule has 1 atom stereocenters. The number of carbonyl (C=O) groups is 2. The molecule has 0 spiro atoms. The molecule has 1 aromatic carbocycles. The van der Waals surface area contributed by atoms with Crippen molar-refractivity contribution >= 4 is 23.7 Å². The molecular weight excluding hydrogens is 358 g/mol. The fourth-order valence-corrected chi connectivity index (χ4v) is 3.77. The van der Waals surface area contributed by atoms with E-state index in [1.807, 2.05) is 61.1 Å². The predicted molar refractivity (Wildman–Crippen MR) is 103 cm³/mol. The van der Waals surface area contributed by atoms with Gasteiger partial charge in [-0.05, 0) is 52.0 Å². The highest BCUT2D eigenvalue weighted by Gasteiger charge is 2.53. The van der Waals surface area contributed by atoms with Crippen LogP contribution in [0.3, 0.4) is 0 Å². The number of imide groups is 1. The van der Waals surface area contributed by atoms with Gasteiger partial charge in [0.25, 0.3) is 5.91 Å². The van der Waals surface area contributed by atoms with Gasteiger partial charge in [0, 0.05) is 14.1 Å². The Morgan fingerprint density at radius 1 is 1.07 bits per heavy atom. The van der Waals surface area contributed by atoms with Crippen LogP contribution in [0.25, 0.3) is 5.69 Å². The zero-order valence-corrected chi connectivity index (χ0v) is 16.9. The number of aromatic nitrogens is 2. The van der Waals surface area contributed by atoms with Crippen molar-refractivity contribution in [3.63, 3.8) is 0 Å². The van der Waals surface area contributed by atoms with Gasteiger partial charge in [0.05, 0.1) is 6.10 Å². The fourth-order valence-electron chi connectivity index (χ4n) is 3.77. The molecule has 8 heteroatoms. The van der Waals surface area contributed by atoms with Gasteiger partial charge < -0.3 is 4.74 Å². The Hall–Kier alpha value is -3.16. The van der Waals surface area contributed by atoms with Crippen LogP contribution in [0.5, 0.6) is 5.75 Å². The highest BCUT2D eigenvalue weighted by atomic mass is 16.5. The smallest absolute Gasteiger partial charge is 0.407 e. The molecule has 0 N–H and O–H groups in total. The van der Waals surface area contributed by atoms with Crippen LogP contribution in [0.4, 0.5) is 10.7 Å². The Bertz CT molecular complexity index is 1020. The fraction of sp³-hybridized carbons (Fsp3) is 0.400. The molecule has 1 aromatic heterocycles. The summed E-state index contributed by atoms with van der Waals surface area (Å²) >= 11 is 0. The topological polar surface area (TPSA) is 71.0 Å². The number of fused-ring (bicyclic) bond motifs is 3. The molecular formula is C20H24N5O3+. The maximum atomic E-state index is 12.8. The van der Waals surface area contributed by atoms with Crippen LogP contribution in [-0.2, 0) is 4.79 Å². The second-order valence-corrected chi connectivity index (χ2v) is 7.45. The zero-order chi connectivity index (χ0) is 20.3. The van der Waals surface area contributed by atoms with Crippen molar-refractivity contribution in [2.75, 3.05) is 14.1 Å². The number of carbonyl (C=O) groups excluding carboxylic acids is 2. The van der Waals surface area contributed by atoms with Crippen LogP contribution in [-0.4, -0.2) is 52.3 Å². The van der Waals surface area contributed by atoms with Gasteiger partial charge in [0.1, 0.15) is 22.8 Å². The molecule has 3 amide bonds. The Balaban J connectivity index is 1.84. The van der Waals surface area contributed by atoms with Crippen LogP contribution < -0.4 is 9.30 Å². The highest BCUT2D eigenvalue weighted by molar-refractivity contribution is 6.18. The van der Waals surface area contributed by atoms with E-state index in [0.717, 1.165) is 27.7 Å². The lowest BCUT2D eigenvalue weighted by atomic mass is 10.1. The first-order valence-corrected chi connectivity index (χ1v) is 9.26. The molecule has 0 aliphatic carbocycles. The number of nitrogens with zero attached hydrogens (tertiary/aromatic N) is 5. The minimum Gasteiger partial charge on any atom is -0.491 e. The van der Waals surface area contributed by atoms with E-state index in [9.17, 15) is 9.59 Å². The van der Waals surface area contributed by atoms with Gasteiger partial charge in [-0.25, -0.2) is 9.36 Å². The van der Waals surface area contributed by atoms with Gasteiger partial charge in [0.15, 0.2) is 0 Å². The SMILES string of the molecule is Cc1c(C)[n+]2c(n1-c1ccc(OC(C)C)cc1)N=C1C2C(=O)N(C)C(=O)N1C. The van der Waals surface area contributed by atoms with Crippen molar-refractivity contribution in [1.82, 2.24) is 14.4 Å². The summed E-state index contributed by atoms with van der Waals surface area (Å²) < 4.78 is 9.64. The summed E-state index contributed by atoms with van der Waals surface area (Å²) in [5.74, 6) is 1.62. The number of hydrogen-bond acceptors (Lipinski definition) is 4. The first-order chi connectivity index (χ1) is 13.2. The summed E-state index contributed by atoms with van der Waals surface area (Å²) in [6.45, 7) is 7.94. The summed E-state index contributed by atoms with van der Waals surface area (Å²) in [7, 11) is 3.15. The van der Waals surface area contributed by atoms with Crippen LogP contribution in [0.1, 0.15) is 31.3 Å². The van der Waals surface area contributed by atoms with Gasteiger partial charge in [-0.1, -0.05) is 4.99 Å². The predicted octanol–water partition coefficient (Wildman–Crippen LogP) is 2.28. The van der Waals surface area contributed by atoms with E-state index in [1.54, 1.807) is 7.05 Å². The molecule has 1 saturated heterocycles. The van der Waals surface area contributed by atoms with Crippen molar-refractivity contribution in [1.29, 1.82) is 0 Å². The molecule has 0 bridgehead atoms. The molecule has 0 saturated carbocycles. The van der Waals surface area contributed by atoms with Crippen molar-refractivity contribution < 1.29 is 18.9 Å². The molecule has 2 aliphatic heterocycles. The molecule has 28 heavy (non-hydrogen) atoms. The molecule has 2 aromatic rings. The average molecular weight is 382 g/mol. The number of amidine groups is 1. The van der Waals surface area contributed by atoms with Crippen molar-refractivity contribution in [2.45, 2.75) is 39.8 Å². The molecule has 2 aliphatic rings. The third kappa shape index (κ3) is 2.44. The van der Waals surface area contributed by atoms with Gasteiger partial charge in [-0.2, -0.15) is 4.57 Å². The molecule has 4 rings (SSSR count). The number of hydrogen-bond donors (Lipinski definition) is 0. The second-order valence-electron chi connectivity index (χ2n) is 7.45. The van der Waals surface area contributed by atoms with Gasteiger partial charge in [0.2, 0.25) is 11.9 Å². The first kappa shape index (κ1) is 18.2. The van der Waals surface area contributed by atoms with E-state index in [0.29, 0.717) is 11.8 Å². The van der Waals surface area contributed by atoms with Crippen molar-refractivity contribution in [3.05, 3.63) is 35.7 Å². The van der Waals surface area contributed by atoms with Crippen LogP contribution in [0.15, 0.2) is 29.3 Å². The van der Waals surface area contributed by atoms with Gasteiger partial charge >= 0.3 is 12.0 Å². The van der Waals surface area contributed by atoms with Crippen LogP contribution in [0.2, 0.25) is 0 Å². The molecule has 8 nitrogen and oxygen atoms in total. The number of ether oxygens (including phenoxy) is 1. The number of rotatable bonds is 3. The average Bonchev–Trinajstić information content (AvgIpc) is 3.15. The Labute approximate surface area is 163 Å². The van der Waals surface area contributed by atoms with E-state index in [4.69, 9.17) is 4.74 Å². The normalized spacial score (nSPS) is 18.5. The molecule has 0 radical (unpaired) electrons. The lowest BCUT2D eigenvalue weighted by Crippen LogP contribution is -2.62. The Kier molecular flexibility index (Phi) is 4.02. The number of benzene rings is 1. The summed E-state index contributed by atoms with van der Waals surface area (Å²) in [5, 5.41) is 0. The summed E-state index contributed by atoms with van der Waals surface area (Å²) in [4.78, 5) is 32.4. The van der Waals surface area contributed by atoms with E-state index < -0.39 is 6.04 Å². The van der Waals surface area contributed by atoms with Crippen molar-refractivity contribution in [2.24, 2.45) is 4.99 Å². The summed E-state index contributed by atoms with van der Waals surface area (Å²) in [6, 6.07) is 6.79. The Morgan fingerprint density at radius 2 is 1.71 bits per heavy atom. The zero-order valence-electron chi connectivity index (χ0n) is 16.9. The van der Waals surface area contributed by atoms with Crippen molar-refractivity contribution in [3.8, 4) is 11.4 Å². The lowest BCUT2D eigenvalue weighted by Gasteiger charge is -2.30. The number of likely N-dealkylation sites (N-methyl/N-ethyl adjacent to an activating group) is 2. The van der Waals surface area contributed by atoms with Gasteiger partial charge in [-0.15, -0.1) is 0 Å². The molecule has 1 unspecified atom stereocenters. The minimum atomic E-state index is -0.619. The lowest BCUT2D eigenvalue weighted by molar-refractivity contribution is -0.682. The number of imidazole rings is 1. The van der Waals surface area contributed by atoms with E-state index >= 15 is 0 Å². The minimum absolute atomic E-state index is 0.104. The number of amides is 3. The monoisotopic (exact) mass is 382 g/mol. The van der Waals surface area contributed by atoms with E-state index in [2.05, 4.69) is 4.99 Å². The molecule has 146 valence electrons. The third-order valence-electron chi connectivity index (χ3n) is 5.30. The van der Waals surface area contributed by atoms with E-state index in [-0.39, 0.29) is 18.0 Å². The first-order valence-electron chi connectivity index (χ1n) is 9.26. The standard InChI is InChI=1S/C20H24N5O3/c1-11(2)28-15-9-7-14(8-10-15)24-12(3)13(4)25-16-17(21-19(24)25)22(5)20(27)23(6)18(16)26/h7-11,16H,1-6H3/q+1. The summed E-state index contributed by atoms with van der Waals surface area (Å²) in [5.41, 5.74) is 2.85.